The van der Waals surface area contributed by atoms with Crippen LogP contribution in [0.5, 0.6) is 0 Å². The van der Waals surface area contributed by atoms with Crippen molar-refractivity contribution < 1.29 is 14.3 Å². The molecular weight excluding hydrogens is 194 g/mol. The van der Waals surface area contributed by atoms with Gasteiger partial charge in [-0.2, -0.15) is 0 Å². The number of esters is 1. The van der Waals surface area contributed by atoms with Crippen LogP contribution >= 0.6 is 0 Å². The molecule has 0 radical (unpaired) electrons. The number of carbonyl (C=O) groups is 2. The van der Waals surface area contributed by atoms with Gasteiger partial charge in [-0.3, -0.25) is 9.78 Å². The summed E-state index contributed by atoms with van der Waals surface area (Å²) < 4.78 is 4.54. The van der Waals surface area contributed by atoms with Gasteiger partial charge in [-0.15, -0.1) is 0 Å². The molecule has 0 saturated carbocycles. The quantitative estimate of drug-likeness (QED) is 0.421. The highest BCUT2D eigenvalue weighted by Gasteiger charge is 2.09. The van der Waals surface area contributed by atoms with Crippen LogP contribution in [0.15, 0.2) is 30.6 Å². The smallest absolute Gasteiger partial charge is 0.379 e. The summed E-state index contributed by atoms with van der Waals surface area (Å²) in [5.41, 5.74) is 0.759. The van der Waals surface area contributed by atoms with Gasteiger partial charge in [0.1, 0.15) is 0 Å². The van der Waals surface area contributed by atoms with E-state index in [0.29, 0.717) is 0 Å². The predicted molar refractivity (Wildman–Crippen MR) is 54.9 cm³/mol. The molecule has 15 heavy (non-hydrogen) atoms. The molecule has 0 fully saturated rings. The second-order valence-corrected chi connectivity index (χ2v) is 2.70. The molecule has 1 aromatic rings. The Kier molecular flexibility index (Phi) is 4.22. The zero-order valence-corrected chi connectivity index (χ0v) is 8.34. The minimum Gasteiger partial charge on any atom is -0.460 e. The highest BCUT2D eigenvalue weighted by atomic mass is 16.5. The van der Waals surface area contributed by atoms with Gasteiger partial charge >= 0.3 is 5.97 Å². The Labute approximate surface area is 87.6 Å². The Morgan fingerprint density at radius 1 is 1.53 bits per heavy atom. The van der Waals surface area contributed by atoms with E-state index in [-0.39, 0.29) is 6.61 Å². The molecule has 0 bridgehead atoms. The number of rotatable bonds is 4. The molecule has 0 aromatic carbocycles. The number of aromatic nitrogens is 1. The van der Waals surface area contributed by atoms with Crippen LogP contribution in [0.2, 0.25) is 0 Å². The maximum Gasteiger partial charge on any atom is 0.379 e. The standard InChI is InChI=1S/C11H11NO3/c1-2-15-11(14)10(13)6-5-9-4-3-7-12-8-9/h3-8H,2H2,1H3/b6-5+. The van der Waals surface area contributed by atoms with E-state index in [1.165, 1.54) is 12.2 Å². The van der Waals surface area contributed by atoms with Gasteiger partial charge in [-0.25, -0.2) is 4.79 Å². The van der Waals surface area contributed by atoms with Crippen LogP contribution in [0, 0.1) is 0 Å². The average Bonchev–Trinajstić information content (AvgIpc) is 2.27. The summed E-state index contributed by atoms with van der Waals surface area (Å²) in [6, 6.07) is 3.52. The van der Waals surface area contributed by atoms with Gasteiger partial charge in [0, 0.05) is 12.4 Å². The number of nitrogens with zero attached hydrogens (tertiary/aromatic N) is 1. The van der Waals surface area contributed by atoms with E-state index in [4.69, 9.17) is 0 Å². The summed E-state index contributed by atoms with van der Waals surface area (Å²) >= 11 is 0. The highest BCUT2D eigenvalue weighted by Crippen LogP contribution is 1.98. The van der Waals surface area contributed by atoms with Gasteiger partial charge in [0.25, 0.3) is 5.78 Å². The number of hydrogen-bond donors (Lipinski definition) is 0. The molecule has 1 aromatic heterocycles. The minimum absolute atomic E-state index is 0.200. The molecule has 4 heteroatoms. The first-order valence-electron chi connectivity index (χ1n) is 4.53. The topological polar surface area (TPSA) is 56.3 Å². The fourth-order valence-corrected chi connectivity index (χ4v) is 0.917. The van der Waals surface area contributed by atoms with Crippen LogP contribution in [0.3, 0.4) is 0 Å². The van der Waals surface area contributed by atoms with Crippen molar-refractivity contribution in [1.82, 2.24) is 4.98 Å². The molecule has 0 spiro atoms. The lowest BCUT2D eigenvalue weighted by Gasteiger charge is -1.95. The summed E-state index contributed by atoms with van der Waals surface area (Å²) in [4.78, 5) is 25.9. The maximum absolute atomic E-state index is 11.1. The van der Waals surface area contributed by atoms with Crippen molar-refractivity contribution in [2.45, 2.75) is 6.92 Å². The number of ketones is 1. The van der Waals surface area contributed by atoms with E-state index < -0.39 is 11.8 Å². The lowest BCUT2D eigenvalue weighted by Crippen LogP contribution is -2.14. The number of ether oxygens (including phenoxy) is 1. The molecule has 0 atom stereocenters. The van der Waals surface area contributed by atoms with Crippen molar-refractivity contribution in [2.75, 3.05) is 6.61 Å². The number of pyridine rings is 1. The molecular formula is C11H11NO3. The normalized spacial score (nSPS) is 10.2. The molecule has 78 valence electrons. The van der Waals surface area contributed by atoms with Gasteiger partial charge in [-0.1, -0.05) is 6.07 Å². The highest BCUT2D eigenvalue weighted by molar-refractivity contribution is 6.39. The summed E-state index contributed by atoms with van der Waals surface area (Å²) in [5.74, 6) is -1.50. The van der Waals surface area contributed by atoms with Gasteiger partial charge in [0.15, 0.2) is 0 Å². The SMILES string of the molecule is CCOC(=O)C(=O)/C=C/c1cccnc1. The van der Waals surface area contributed by atoms with E-state index in [9.17, 15) is 9.59 Å². The zero-order chi connectivity index (χ0) is 11.1. The van der Waals surface area contributed by atoms with Gasteiger partial charge in [0.05, 0.1) is 6.61 Å². The van der Waals surface area contributed by atoms with Crippen molar-refractivity contribution in [3.8, 4) is 0 Å². The Morgan fingerprint density at radius 2 is 2.33 bits per heavy atom. The fourth-order valence-electron chi connectivity index (χ4n) is 0.917. The van der Waals surface area contributed by atoms with E-state index in [1.807, 2.05) is 0 Å². The molecule has 0 N–H and O–H groups in total. The lowest BCUT2D eigenvalue weighted by atomic mass is 10.2. The summed E-state index contributed by atoms with van der Waals surface area (Å²) in [6.07, 6.45) is 5.92. The molecule has 1 heterocycles. The zero-order valence-electron chi connectivity index (χ0n) is 8.34. The van der Waals surface area contributed by atoms with E-state index in [2.05, 4.69) is 9.72 Å². The average molecular weight is 205 g/mol. The molecule has 0 aliphatic heterocycles. The van der Waals surface area contributed by atoms with Crippen LogP contribution in [0.4, 0.5) is 0 Å². The summed E-state index contributed by atoms with van der Waals surface area (Å²) in [6.45, 7) is 1.85. The summed E-state index contributed by atoms with van der Waals surface area (Å²) in [7, 11) is 0. The van der Waals surface area contributed by atoms with Crippen molar-refractivity contribution >= 4 is 17.8 Å². The maximum atomic E-state index is 11.1. The van der Waals surface area contributed by atoms with Crippen molar-refractivity contribution in [3.05, 3.63) is 36.2 Å². The summed E-state index contributed by atoms with van der Waals surface area (Å²) in [5, 5.41) is 0. The van der Waals surface area contributed by atoms with Gasteiger partial charge < -0.3 is 4.74 Å². The largest absolute Gasteiger partial charge is 0.460 e. The monoisotopic (exact) mass is 205 g/mol. The molecule has 0 saturated heterocycles. The Morgan fingerprint density at radius 3 is 2.93 bits per heavy atom. The Bertz CT molecular complexity index is 371. The third-order valence-corrected chi connectivity index (χ3v) is 1.59. The lowest BCUT2D eigenvalue weighted by molar-refractivity contribution is -0.151. The van der Waals surface area contributed by atoms with Crippen LogP contribution in [-0.2, 0) is 14.3 Å². The second-order valence-electron chi connectivity index (χ2n) is 2.70. The van der Waals surface area contributed by atoms with Crippen LogP contribution < -0.4 is 0 Å². The van der Waals surface area contributed by atoms with Crippen LogP contribution in [0.1, 0.15) is 12.5 Å². The first-order chi connectivity index (χ1) is 7.24. The molecule has 0 aliphatic rings. The predicted octanol–water partition coefficient (Wildman–Crippen LogP) is 1.23. The van der Waals surface area contributed by atoms with E-state index in [1.54, 1.807) is 31.5 Å². The Hall–Kier alpha value is -1.97. The first-order valence-corrected chi connectivity index (χ1v) is 4.53. The molecule has 0 amide bonds. The third kappa shape index (κ3) is 3.72. The van der Waals surface area contributed by atoms with Crippen LogP contribution in [-0.4, -0.2) is 23.3 Å². The van der Waals surface area contributed by atoms with E-state index in [0.717, 1.165) is 5.56 Å². The first kappa shape index (κ1) is 11.1. The number of carbonyl (C=O) groups excluding carboxylic acids is 2. The number of hydrogen-bond acceptors (Lipinski definition) is 4. The molecule has 0 unspecified atom stereocenters. The fraction of sp³-hybridized carbons (Fsp3) is 0.182. The second kappa shape index (κ2) is 5.70. The van der Waals surface area contributed by atoms with Crippen molar-refractivity contribution in [2.24, 2.45) is 0 Å². The molecule has 4 nitrogen and oxygen atoms in total. The van der Waals surface area contributed by atoms with Crippen molar-refractivity contribution in [1.29, 1.82) is 0 Å². The van der Waals surface area contributed by atoms with Gasteiger partial charge in [0.2, 0.25) is 0 Å². The van der Waals surface area contributed by atoms with Crippen molar-refractivity contribution in [3.63, 3.8) is 0 Å². The third-order valence-electron chi connectivity index (χ3n) is 1.59. The minimum atomic E-state index is -0.836. The molecule has 0 aliphatic carbocycles. The van der Waals surface area contributed by atoms with Crippen LogP contribution in [0.25, 0.3) is 6.08 Å². The molecule has 1 rings (SSSR count). The van der Waals surface area contributed by atoms with E-state index >= 15 is 0 Å². The Balaban J connectivity index is 2.59. The van der Waals surface area contributed by atoms with Gasteiger partial charge in [-0.05, 0) is 30.7 Å².